The van der Waals surface area contributed by atoms with Crippen molar-refractivity contribution in [3.63, 3.8) is 0 Å². The summed E-state index contributed by atoms with van der Waals surface area (Å²) in [5, 5.41) is 1.32. The second-order valence-electron chi connectivity index (χ2n) is 5.78. The van der Waals surface area contributed by atoms with Gasteiger partial charge in [0.1, 0.15) is 10.9 Å². The molecule has 0 spiro atoms. The maximum Gasteiger partial charge on any atom is 0.355 e. The van der Waals surface area contributed by atoms with Gasteiger partial charge in [-0.1, -0.05) is 23.7 Å². The van der Waals surface area contributed by atoms with Gasteiger partial charge < -0.3 is 14.4 Å². The summed E-state index contributed by atoms with van der Waals surface area (Å²) in [6.07, 6.45) is 6.53. The minimum Gasteiger partial charge on any atom is -0.465 e. The van der Waals surface area contributed by atoms with Gasteiger partial charge in [0.05, 0.1) is 25.3 Å². The lowest BCUT2D eigenvalue weighted by Crippen LogP contribution is -2.26. The van der Waals surface area contributed by atoms with Crippen LogP contribution in [0, 0.1) is 6.92 Å². The van der Waals surface area contributed by atoms with Crippen LogP contribution in [-0.2, 0) is 19.1 Å². The fourth-order valence-corrected chi connectivity index (χ4v) is 3.12. The Bertz CT molecular complexity index is 1020. The third-order valence-electron chi connectivity index (χ3n) is 4.14. The molecule has 6 nitrogen and oxygen atoms in total. The third-order valence-corrected chi connectivity index (χ3v) is 4.33. The van der Waals surface area contributed by atoms with Crippen LogP contribution in [0.5, 0.6) is 0 Å². The molecule has 0 N–H and O–H groups in total. The van der Waals surface area contributed by atoms with Crippen molar-refractivity contribution in [2.45, 2.75) is 6.92 Å². The first-order valence-corrected chi connectivity index (χ1v) is 8.46. The second-order valence-corrected chi connectivity index (χ2v) is 6.17. The molecule has 2 heterocycles. The Kier molecular flexibility index (Phi) is 5.28. The number of carbonyl (C=O) groups excluding carboxylic acids is 2. The highest BCUT2D eigenvalue weighted by Crippen LogP contribution is 2.30. The van der Waals surface area contributed by atoms with Crippen LogP contribution in [0.4, 0.5) is 5.69 Å². The van der Waals surface area contributed by atoms with E-state index in [2.05, 4.69) is 4.98 Å². The zero-order chi connectivity index (χ0) is 19.6. The number of methoxy groups -OCH3 is 2. The van der Waals surface area contributed by atoms with Crippen molar-refractivity contribution in [1.29, 1.82) is 0 Å². The summed E-state index contributed by atoms with van der Waals surface area (Å²) in [7, 11) is 2.51. The molecule has 0 amide bonds. The lowest BCUT2D eigenvalue weighted by Gasteiger charge is -2.23. The molecule has 0 saturated heterocycles. The predicted molar refractivity (Wildman–Crippen MR) is 103 cm³/mol. The normalized spacial score (nSPS) is 13.7. The van der Waals surface area contributed by atoms with Gasteiger partial charge in [0.25, 0.3) is 0 Å². The predicted octanol–water partition coefficient (Wildman–Crippen LogP) is 3.69. The van der Waals surface area contributed by atoms with E-state index in [9.17, 15) is 9.59 Å². The summed E-state index contributed by atoms with van der Waals surface area (Å²) in [6, 6.07) is 7.30. The SMILES string of the molecule is COC(=O)C1=C(C(=O)OC)N(c2ccc3c(C)cc(Cl)nc3c2)C=CC=C1. The molecule has 0 aliphatic carbocycles. The Labute approximate surface area is 161 Å². The number of hydrogen-bond donors (Lipinski definition) is 0. The van der Waals surface area contributed by atoms with Crippen molar-refractivity contribution in [2.24, 2.45) is 0 Å². The van der Waals surface area contributed by atoms with E-state index in [1.807, 2.05) is 19.1 Å². The third kappa shape index (κ3) is 3.57. The summed E-state index contributed by atoms with van der Waals surface area (Å²) in [6.45, 7) is 1.94. The van der Waals surface area contributed by atoms with Crippen molar-refractivity contribution in [3.8, 4) is 0 Å². The van der Waals surface area contributed by atoms with Gasteiger partial charge >= 0.3 is 11.9 Å². The molecule has 0 radical (unpaired) electrons. The zero-order valence-corrected chi connectivity index (χ0v) is 15.8. The maximum atomic E-state index is 12.5. The van der Waals surface area contributed by atoms with Crippen LogP contribution < -0.4 is 4.90 Å². The molecule has 2 aromatic rings. The number of aryl methyl sites for hydroxylation is 1. The Morgan fingerprint density at radius 2 is 1.81 bits per heavy atom. The molecule has 0 saturated carbocycles. The topological polar surface area (TPSA) is 68.7 Å². The smallest absolute Gasteiger partial charge is 0.355 e. The van der Waals surface area contributed by atoms with Crippen molar-refractivity contribution >= 4 is 40.1 Å². The molecule has 1 aliphatic heterocycles. The molecule has 7 heteroatoms. The van der Waals surface area contributed by atoms with E-state index in [1.54, 1.807) is 35.4 Å². The number of allylic oxidation sites excluding steroid dienone is 2. The van der Waals surface area contributed by atoms with Crippen LogP contribution in [0.2, 0.25) is 5.15 Å². The van der Waals surface area contributed by atoms with Crippen molar-refractivity contribution in [3.05, 3.63) is 70.7 Å². The van der Waals surface area contributed by atoms with Crippen LogP contribution in [0.3, 0.4) is 0 Å². The molecule has 138 valence electrons. The lowest BCUT2D eigenvalue weighted by molar-refractivity contribution is -0.139. The van der Waals surface area contributed by atoms with Gasteiger partial charge in [-0.2, -0.15) is 0 Å². The van der Waals surface area contributed by atoms with Gasteiger partial charge in [-0.25, -0.2) is 14.6 Å². The average Bonchev–Trinajstić information content (AvgIpc) is 2.89. The highest BCUT2D eigenvalue weighted by molar-refractivity contribution is 6.30. The first-order chi connectivity index (χ1) is 13.0. The van der Waals surface area contributed by atoms with E-state index in [4.69, 9.17) is 21.1 Å². The molecule has 0 bridgehead atoms. The summed E-state index contributed by atoms with van der Waals surface area (Å²) in [5.74, 6) is -1.31. The van der Waals surface area contributed by atoms with Crippen LogP contribution in [0.15, 0.2) is 60.0 Å². The van der Waals surface area contributed by atoms with E-state index in [0.29, 0.717) is 16.4 Å². The van der Waals surface area contributed by atoms with Gasteiger partial charge in [0, 0.05) is 17.3 Å². The van der Waals surface area contributed by atoms with Gasteiger partial charge in [0.15, 0.2) is 0 Å². The Hall–Kier alpha value is -3.12. The maximum absolute atomic E-state index is 12.5. The molecule has 0 fully saturated rings. The van der Waals surface area contributed by atoms with Crippen LogP contribution in [-0.4, -0.2) is 31.1 Å². The zero-order valence-electron chi connectivity index (χ0n) is 15.0. The van der Waals surface area contributed by atoms with Crippen molar-refractivity contribution < 1.29 is 19.1 Å². The van der Waals surface area contributed by atoms with Gasteiger partial charge in [-0.15, -0.1) is 0 Å². The monoisotopic (exact) mass is 384 g/mol. The number of nitrogens with zero attached hydrogens (tertiary/aromatic N) is 2. The molecule has 0 atom stereocenters. The van der Waals surface area contributed by atoms with Gasteiger partial charge in [-0.05, 0) is 42.8 Å². The van der Waals surface area contributed by atoms with Crippen molar-refractivity contribution in [2.75, 3.05) is 19.1 Å². The Balaban J connectivity index is 2.22. The number of fused-ring (bicyclic) bond motifs is 1. The molecule has 1 aromatic carbocycles. The molecule has 3 rings (SSSR count). The fourth-order valence-electron chi connectivity index (χ4n) is 2.87. The number of benzene rings is 1. The van der Waals surface area contributed by atoms with Crippen LogP contribution in [0.1, 0.15) is 5.56 Å². The van der Waals surface area contributed by atoms with Gasteiger partial charge in [-0.3, -0.25) is 0 Å². The standard InChI is InChI=1S/C20H17ClN2O4/c1-12-10-17(21)22-16-11-13(7-8-14(12)16)23-9-5-4-6-15(19(24)26-2)18(23)20(25)27-3/h4-11H,1-3H3. The highest BCUT2D eigenvalue weighted by Gasteiger charge is 2.27. The molecule has 27 heavy (non-hydrogen) atoms. The molecular formula is C20H17ClN2O4. The number of halogens is 1. The molecule has 1 aromatic heterocycles. The lowest BCUT2D eigenvalue weighted by atomic mass is 10.1. The fraction of sp³-hybridized carbons (Fsp3) is 0.150. The van der Waals surface area contributed by atoms with E-state index < -0.39 is 11.9 Å². The minimum absolute atomic E-state index is 0.0486. The number of hydrogen-bond acceptors (Lipinski definition) is 6. The largest absolute Gasteiger partial charge is 0.465 e. The number of pyridine rings is 1. The molecule has 0 unspecified atom stereocenters. The quantitative estimate of drug-likeness (QED) is 0.594. The summed E-state index contributed by atoms with van der Waals surface area (Å²) < 4.78 is 9.71. The number of aromatic nitrogens is 1. The van der Waals surface area contributed by atoms with Crippen LogP contribution in [0.25, 0.3) is 10.9 Å². The summed E-state index contributed by atoms with van der Waals surface area (Å²) in [5.41, 5.74) is 2.42. The van der Waals surface area contributed by atoms with E-state index in [1.165, 1.54) is 20.3 Å². The Morgan fingerprint density at radius 1 is 1.07 bits per heavy atom. The number of carbonyl (C=O) groups is 2. The summed E-state index contributed by atoms with van der Waals surface area (Å²) >= 11 is 6.08. The number of ether oxygens (including phenoxy) is 2. The van der Waals surface area contributed by atoms with E-state index in [0.717, 1.165) is 10.9 Å². The van der Waals surface area contributed by atoms with Gasteiger partial charge in [0.2, 0.25) is 0 Å². The Morgan fingerprint density at radius 3 is 2.52 bits per heavy atom. The minimum atomic E-state index is -0.665. The second kappa shape index (κ2) is 7.63. The summed E-state index contributed by atoms with van der Waals surface area (Å²) in [4.78, 5) is 30.6. The van der Waals surface area contributed by atoms with Crippen LogP contribution >= 0.6 is 11.6 Å². The molecular weight excluding hydrogens is 368 g/mol. The number of anilines is 1. The molecule has 1 aliphatic rings. The highest BCUT2D eigenvalue weighted by atomic mass is 35.5. The van der Waals surface area contributed by atoms with E-state index >= 15 is 0 Å². The first kappa shape index (κ1) is 18.7. The number of esters is 2. The average molecular weight is 385 g/mol. The first-order valence-electron chi connectivity index (χ1n) is 8.08. The van der Waals surface area contributed by atoms with E-state index in [-0.39, 0.29) is 11.3 Å². The number of rotatable bonds is 3. The van der Waals surface area contributed by atoms with Crippen molar-refractivity contribution in [1.82, 2.24) is 4.98 Å².